The summed E-state index contributed by atoms with van der Waals surface area (Å²) in [7, 11) is -1.54. The second kappa shape index (κ2) is 5.97. The monoisotopic (exact) mass is 301 g/mol. The van der Waals surface area contributed by atoms with E-state index in [1.165, 1.54) is 7.11 Å². The molecule has 0 radical (unpaired) electrons. The van der Waals surface area contributed by atoms with Gasteiger partial charge < -0.3 is 14.5 Å². The Kier molecular flexibility index (Phi) is 4.49. The molecule has 0 amide bonds. The van der Waals surface area contributed by atoms with E-state index >= 15 is 0 Å². The number of esters is 1. The maximum Gasteiger partial charge on any atom is 0.373 e. The molecule has 0 aliphatic carbocycles. The van der Waals surface area contributed by atoms with Crippen molar-refractivity contribution in [1.82, 2.24) is 5.32 Å². The summed E-state index contributed by atoms with van der Waals surface area (Å²) in [6.07, 6.45) is 0.702. The summed E-state index contributed by atoms with van der Waals surface area (Å²) >= 11 is 0. The predicted octanol–water partition coefficient (Wildman–Crippen LogP) is 1.15. The number of furan rings is 1. The highest BCUT2D eigenvalue weighted by Gasteiger charge is 2.28. The van der Waals surface area contributed by atoms with Gasteiger partial charge in [0.15, 0.2) is 9.84 Å². The van der Waals surface area contributed by atoms with Crippen molar-refractivity contribution in [1.29, 1.82) is 0 Å². The number of ether oxygens (including phenoxy) is 1. The Labute approximate surface area is 118 Å². The molecule has 112 valence electrons. The van der Waals surface area contributed by atoms with Crippen LogP contribution in [-0.2, 0) is 14.6 Å². The zero-order valence-electron chi connectivity index (χ0n) is 11.6. The summed E-state index contributed by atoms with van der Waals surface area (Å²) in [6, 6.07) is 3.20. The fraction of sp³-hybridized carbons (Fsp3) is 0.615. The average Bonchev–Trinajstić information content (AvgIpc) is 3.01. The minimum absolute atomic E-state index is 0.0864. The third-order valence-electron chi connectivity index (χ3n) is 3.48. The first-order chi connectivity index (χ1) is 9.41. The van der Waals surface area contributed by atoms with Crippen molar-refractivity contribution in [2.24, 2.45) is 5.92 Å². The molecular weight excluding hydrogens is 282 g/mol. The summed E-state index contributed by atoms with van der Waals surface area (Å²) in [5, 5.41) is 3.24. The molecule has 0 spiro atoms. The van der Waals surface area contributed by atoms with Gasteiger partial charge in [0.25, 0.3) is 0 Å². The van der Waals surface area contributed by atoms with Crippen molar-refractivity contribution in [2.75, 3.05) is 25.2 Å². The molecule has 7 heteroatoms. The van der Waals surface area contributed by atoms with E-state index in [-0.39, 0.29) is 29.2 Å². The van der Waals surface area contributed by atoms with Crippen molar-refractivity contribution in [2.45, 2.75) is 19.4 Å². The van der Waals surface area contributed by atoms with E-state index in [9.17, 15) is 13.2 Å². The van der Waals surface area contributed by atoms with Gasteiger partial charge >= 0.3 is 5.97 Å². The van der Waals surface area contributed by atoms with Gasteiger partial charge in [-0.05, 0) is 37.9 Å². The number of carbonyl (C=O) groups is 1. The summed E-state index contributed by atoms with van der Waals surface area (Å²) in [4.78, 5) is 11.3. The van der Waals surface area contributed by atoms with E-state index in [0.29, 0.717) is 18.7 Å². The molecule has 20 heavy (non-hydrogen) atoms. The molecule has 6 nitrogen and oxygen atoms in total. The van der Waals surface area contributed by atoms with Crippen LogP contribution in [0.4, 0.5) is 0 Å². The van der Waals surface area contributed by atoms with E-state index in [0.717, 1.165) is 0 Å². The largest absolute Gasteiger partial charge is 0.463 e. The summed E-state index contributed by atoms with van der Waals surface area (Å²) in [5.41, 5.74) is 0. The molecular formula is C13H19NO5S. The smallest absolute Gasteiger partial charge is 0.373 e. The first-order valence-electron chi connectivity index (χ1n) is 6.53. The van der Waals surface area contributed by atoms with Gasteiger partial charge in [0.1, 0.15) is 5.76 Å². The van der Waals surface area contributed by atoms with Crippen molar-refractivity contribution >= 4 is 15.8 Å². The Morgan fingerprint density at radius 3 is 2.90 bits per heavy atom. The van der Waals surface area contributed by atoms with Gasteiger partial charge in [0.2, 0.25) is 5.76 Å². The second-order valence-corrected chi connectivity index (χ2v) is 7.32. The number of rotatable bonds is 5. The topological polar surface area (TPSA) is 85.6 Å². The minimum Gasteiger partial charge on any atom is -0.463 e. The molecule has 0 saturated carbocycles. The molecule has 2 heterocycles. The SMILES string of the molecule is COC(=O)c1ccc(C(C)NCC2CCS(=O)(=O)C2)o1. The number of hydrogen-bond acceptors (Lipinski definition) is 6. The number of carbonyl (C=O) groups excluding carboxylic acids is 1. The van der Waals surface area contributed by atoms with E-state index in [1.54, 1.807) is 12.1 Å². The lowest BCUT2D eigenvalue weighted by Crippen LogP contribution is -2.26. The van der Waals surface area contributed by atoms with Gasteiger partial charge in [0, 0.05) is 0 Å². The van der Waals surface area contributed by atoms with Crippen LogP contribution in [0.2, 0.25) is 0 Å². The normalized spacial score (nSPS) is 22.6. The third-order valence-corrected chi connectivity index (χ3v) is 5.32. The van der Waals surface area contributed by atoms with Crippen LogP contribution in [0, 0.1) is 5.92 Å². The van der Waals surface area contributed by atoms with Crippen molar-refractivity contribution in [3.63, 3.8) is 0 Å². The Morgan fingerprint density at radius 2 is 2.30 bits per heavy atom. The number of hydrogen-bond donors (Lipinski definition) is 1. The Bertz CT molecular complexity index is 577. The Hall–Kier alpha value is -1.34. The molecule has 0 aromatic carbocycles. The third kappa shape index (κ3) is 3.61. The maximum atomic E-state index is 11.4. The van der Waals surface area contributed by atoms with Crippen LogP contribution in [0.15, 0.2) is 16.5 Å². The fourth-order valence-electron chi connectivity index (χ4n) is 2.27. The molecule has 1 aliphatic heterocycles. The number of methoxy groups -OCH3 is 1. The van der Waals surface area contributed by atoms with Gasteiger partial charge in [-0.15, -0.1) is 0 Å². The first kappa shape index (κ1) is 15.1. The van der Waals surface area contributed by atoms with Crippen LogP contribution in [-0.4, -0.2) is 39.5 Å². The lowest BCUT2D eigenvalue weighted by Gasteiger charge is -2.14. The second-order valence-electron chi connectivity index (χ2n) is 5.09. The number of nitrogens with one attached hydrogen (secondary N) is 1. The van der Waals surface area contributed by atoms with Crippen molar-refractivity contribution < 1.29 is 22.4 Å². The van der Waals surface area contributed by atoms with Crippen LogP contribution in [0.5, 0.6) is 0 Å². The van der Waals surface area contributed by atoms with E-state index in [1.807, 2.05) is 6.92 Å². The van der Waals surface area contributed by atoms with E-state index in [2.05, 4.69) is 10.1 Å². The lowest BCUT2D eigenvalue weighted by molar-refractivity contribution is 0.0562. The molecule has 0 bridgehead atoms. The zero-order valence-corrected chi connectivity index (χ0v) is 12.4. The average molecular weight is 301 g/mol. The van der Waals surface area contributed by atoms with Gasteiger partial charge in [-0.3, -0.25) is 0 Å². The van der Waals surface area contributed by atoms with Crippen LogP contribution in [0.3, 0.4) is 0 Å². The highest BCUT2D eigenvalue weighted by molar-refractivity contribution is 7.91. The maximum absolute atomic E-state index is 11.4. The quantitative estimate of drug-likeness (QED) is 0.821. The van der Waals surface area contributed by atoms with Gasteiger partial charge in [-0.25, -0.2) is 13.2 Å². The van der Waals surface area contributed by atoms with Gasteiger partial charge in [-0.1, -0.05) is 0 Å². The van der Waals surface area contributed by atoms with Crippen molar-refractivity contribution in [3.8, 4) is 0 Å². The van der Waals surface area contributed by atoms with E-state index < -0.39 is 15.8 Å². The molecule has 1 aromatic rings. The molecule has 2 atom stereocenters. The van der Waals surface area contributed by atoms with Crippen molar-refractivity contribution in [3.05, 3.63) is 23.7 Å². The number of sulfone groups is 1. The molecule has 2 rings (SSSR count). The highest BCUT2D eigenvalue weighted by Crippen LogP contribution is 2.20. The van der Waals surface area contributed by atoms with Gasteiger partial charge in [-0.2, -0.15) is 0 Å². The summed E-state index contributed by atoms with van der Waals surface area (Å²) < 4.78 is 32.7. The van der Waals surface area contributed by atoms with E-state index in [4.69, 9.17) is 4.42 Å². The summed E-state index contributed by atoms with van der Waals surface area (Å²) in [5.74, 6) is 0.966. The molecule has 1 saturated heterocycles. The molecule has 1 aliphatic rings. The molecule has 1 aromatic heterocycles. The molecule has 1 N–H and O–H groups in total. The molecule has 2 unspecified atom stereocenters. The predicted molar refractivity (Wildman–Crippen MR) is 73.2 cm³/mol. The minimum atomic E-state index is -2.84. The lowest BCUT2D eigenvalue weighted by atomic mass is 10.1. The fourth-order valence-corrected chi connectivity index (χ4v) is 4.13. The van der Waals surface area contributed by atoms with Crippen LogP contribution in [0.25, 0.3) is 0 Å². The van der Waals surface area contributed by atoms with Crippen LogP contribution >= 0.6 is 0 Å². The molecule has 1 fully saturated rings. The highest BCUT2D eigenvalue weighted by atomic mass is 32.2. The Balaban J connectivity index is 1.87. The summed E-state index contributed by atoms with van der Waals surface area (Å²) in [6.45, 7) is 2.53. The standard InChI is InChI=1S/C13H19NO5S/c1-9(11-3-4-12(19-11)13(15)18-2)14-7-10-5-6-20(16,17)8-10/h3-4,9-10,14H,5-8H2,1-2H3. The van der Waals surface area contributed by atoms with Crippen LogP contribution in [0.1, 0.15) is 35.7 Å². The zero-order chi connectivity index (χ0) is 14.8. The first-order valence-corrected chi connectivity index (χ1v) is 8.35. The van der Waals surface area contributed by atoms with Crippen LogP contribution < -0.4 is 5.32 Å². The van der Waals surface area contributed by atoms with Gasteiger partial charge in [0.05, 0.1) is 24.7 Å². The Morgan fingerprint density at radius 1 is 1.55 bits per heavy atom.